The van der Waals surface area contributed by atoms with Crippen molar-refractivity contribution in [1.29, 1.82) is 0 Å². The fraction of sp³-hybridized carbons (Fsp3) is 0.111. The van der Waals surface area contributed by atoms with Crippen molar-refractivity contribution >= 4 is 50.6 Å². The van der Waals surface area contributed by atoms with Gasteiger partial charge in [-0.05, 0) is 42.8 Å². The standard InChI is InChI=1S/C18H14ClNO4S/c1-9-3-4-10(18(22)23)7-13(9)20-17(21)16-15(19)12-8-11(24-2)5-6-14(12)25-16/h3-8H,1-2H3,(H,20,21)(H,22,23). The third-order valence-corrected chi connectivity index (χ3v) is 5.45. The summed E-state index contributed by atoms with van der Waals surface area (Å²) in [6.07, 6.45) is 0. The number of rotatable bonds is 4. The number of methoxy groups -OCH3 is 1. The molecule has 5 nitrogen and oxygen atoms in total. The van der Waals surface area contributed by atoms with Crippen LogP contribution in [0.2, 0.25) is 5.02 Å². The first-order valence-corrected chi connectivity index (χ1v) is 8.51. The van der Waals surface area contributed by atoms with Crippen LogP contribution in [0.25, 0.3) is 10.1 Å². The molecule has 0 aliphatic carbocycles. The SMILES string of the molecule is COc1ccc2sc(C(=O)Nc3cc(C(=O)O)ccc3C)c(Cl)c2c1. The van der Waals surface area contributed by atoms with Gasteiger partial charge in [0.2, 0.25) is 0 Å². The fourth-order valence-electron chi connectivity index (χ4n) is 2.39. The smallest absolute Gasteiger partial charge is 0.335 e. The van der Waals surface area contributed by atoms with Gasteiger partial charge in [0.1, 0.15) is 10.6 Å². The molecule has 2 aromatic carbocycles. The second-order valence-corrected chi connectivity index (χ2v) is 6.83. The number of ether oxygens (including phenoxy) is 1. The summed E-state index contributed by atoms with van der Waals surface area (Å²) in [5, 5.41) is 12.9. The highest BCUT2D eigenvalue weighted by atomic mass is 35.5. The highest BCUT2D eigenvalue weighted by molar-refractivity contribution is 7.21. The molecule has 3 aromatic rings. The minimum Gasteiger partial charge on any atom is -0.497 e. The lowest BCUT2D eigenvalue weighted by Gasteiger charge is -2.08. The van der Waals surface area contributed by atoms with Gasteiger partial charge < -0.3 is 15.2 Å². The Morgan fingerprint density at radius 1 is 1.20 bits per heavy atom. The molecule has 128 valence electrons. The van der Waals surface area contributed by atoms with Crippen molar-refractivity contribution in [2.75, 3.05) is 12.4 Å². The zero-order valence-corrected chi connectivity index (χ0v) is 15.0. The Labute approximate surface area is 152 Å². The summed E-state index contributed by atoms with van der Waals surface area (Å²) in [7, 11) is 1.56. The highest BCUT2D eigenvalue weighted by Crippen LogP contribution is 2.37. The van der Waals surface area contributed by atoms with Crippen LogP contribution < -0.4 is 10.1 Å². The van der Waals surface area contributed by atoms with E-state index < -0.39 is 5.97 Å². The van der Waals surface area contributed by atoms with Crippen molar-refractivity contribution in [3.63, 3.8) is 0 Å². The third kappa shape index (κ3) is 3.31. The number of anilines is 1. The van der Waals surface area contributed by atoms with Gasteiger partial charge >= 0.3 is 5.97 Å². The van der Waals surface area contributed by atoms with E-state index >= 15 is 0 Å². The quantitative estimate of drug-likeness (QED) is 0.685. The minimum absolute atomic E-state index is 0.105. The van der Waals surface area contributed by atoms with Crippen LogP contribution in [-0.4, -0.2) is 24.1 Å². The lowest BCUT2D eigenvalue weighted by atomic mass is 10.1. The second kappa shape index (κ2) is 6.74. The summed E-state index contributed by atoms with van der Waals surface area (Å²) in [4.78, 5) is 24.1. The van der Waals surface area contributed by atoms with Gasteiger partial charge in [0, 0.05) is 15.8 Å². The maximum absolute atomic E-state index is 12.6. The number of fused-ring (bicyclic) bond motifs is 1. The van der Waals surface area contributed by atoms with Gasteiger partial charge in [-0.1, -0.05) is 17.7 Å². The van der Waals surface area contributed by atoms with E-state index in [0.717, 1.165) is 15.6 Å². The van der Waals surface area contributed by atoms with Crippen molar-refractivity contribution in [1.82, 2.24) is 0 Å². The number of carboxylic acids is 1. The van der Waals surface area contributed by atoms with Crippen LogP contribution in [0, 0.1) is 6.92 Å². The highest BCUT2D eigenvalue weighted by Gasteiger charge is 2.19. The van der Waals surface area contributed by atoms with E-state index in [4.69, 9.17) is 21.4 Å². The molecule has 25 heavy (non-hydrogen) atoms. The van der Waals surface area contributed by atoms with E-state index in [9.17, 15) is 9.59 Å². The lowest BCUT2D eigenvalue weighted by molar-refractivity contribution is 0.0696. The largest absolute Gasteiger partial charge is 0.497 e. The van der Waals surface area contributed by atoms with Crippen LogP contribution in [-0.2, 0) is 0 Å². The van der Waals surface area contributed by atoms with Crippen molar-refractivity contribution in [3.05, 3.63) is 57.4 Å². The number of aryl methyl sites for hydroxylation is 1. The molecule has 2 N–H and O–H groups in total. The molecule has 1 aromatic heterocycles. The maximum Gasteiger partial charge on any atom is 0.335 e. The summed E-state index contributed by atoms with van der Waals surface area (Å²) in [6, 6.07) is 10.00. The van der Waals surface area contributed by atoms with Crippen molar-refractivity contribution in [3.8, 4) is 5.75 Å². The number of benzene rings is 2. The van der Waals surface area contributed by atoms with Gasteiger partial charge in [0.15, 0.2) is 0 Å². The van der Waals surface area contributed by atoms with Crippen LogP contribution in [0.5, 0.6) is 5.75 Å². The number of halogens is 1. The Bertz CT molecular complexity index is 996. The Morgan fingerprint density at radius 3 is 2.64 bits per heavy atom. The molecule has 1 amide bonds. The van der Waals surface area contributed by atoms with Gasteiger partial charge in [0.05, 0.1) is 17.7 Å². The third-order valence-electron chi connectivity index (χ3n) is 3.77. The van der Waals surface area contributed by atoms with E-state index in [1.165, 1.54) is 23.5 Å². The number of aromatic carboxylic acids is 1. The van der Waals surface area contributed by atoms with Gasteiger partial charge in [-0.2, -0.15) is 0 Å². The van der Waals surface area contributed by atoms with Crippen LogP contribution in [0.15, 0.2) is 36.4 Å². The number of nitrogens with one attached hydrogen (secondary N) is 1. The Kier molecular flexibility index (Phi) is 4.65. The molecule has 0 atom stereocenters. The Balaban J connectivity index is 1.96. The number of carboxylic acid groups (broad SMARTS) is 1. The summed E-state index contributed by atoms with van der Waals surface area (Å²) in [5.74, 6) is -0.776. The maximum atomic E-state index is 12.6. The number of thiophene rings is 1. The number of carbonyl (C=O) groups is 2. The molecule has 0 saturated carbocycles. The molecule has 0 aliphatic heterocycles. The zero-order valence-electron chi connectivity index (χ0n) is 13.4. The van der Waals surface area contributed by atoms with Crippen molar-refractivity contribution in [2.24, 2.45) is 0 Å². The zero-order chi connectivity index (χ0) is 18.1. The predicted molar refractivity (Wildman–Crippen MR) is 99.5 cm³/mol. The topological polar surface area (TPSA) is 75.6 Å². The van der Waals surface area contributed by atoms with E-state index in [0.29, 0.717) is 21.3 Å². The molecule has 0 aliphatic rings. The van der Waals surface area contributed by atoms with E-state index in [1.807, 2.05) is 6.07 Å². The molecule has 0 radical (unpaired) electrons. The first-order chi connectivity index (χ1) is 11.9. The minimum atomic E-state index is -1.05. The molecule has 7 heteroatoms. The average molecular weight is 376 g/mol. The fourth-order valence-corrected chi connectivity index (χ4v) is 3.77. The molecular formula is C18H14ClNO4S. The van der Waals surface area contributed by atoms with Crippen LogP contribution >= 0.6 is 22.9 Å². The van der Waals surface area contributed by atoms with E-state index in [2.05, 4.69) is 5.32 Å². The normalized spacial score (nSPS) is 10.7. The van der Waals surface area contributed by atoms with Crippen molar-refractivity contribution in [2.45, 2.75) is 6.92 Å². The number of amides is 1. The molecular weight excluding hydrogens is 362 g/mol. The average Bonchev–Trinajstić information content (AvgIpc) is 2.93. The molecule has 0 saturated heterocycles. The van der Waals surface area contributed by atoms with E-state index in [-0.39, 0.29) is 11.5 Å². The molecule has 0 unspecified atom stereocenters. The summed E-state index contributed by atoms with van der Waals surface area (Å²) in [5.41, 5.74) is 1.31. The van der Waals surface area contributed by atoms with Crippen molar-refractivity contribution < 1.29 is 19.4 Å². The Hall–Kier alpha value is -2.57. The number of hydrogen-bond acceptors (Lipinski definition) is 4. The van der Waals surface area contributed by atoms with E-state index in [1.54, 1.807) is 32.2 Å². The number of hydrogen-bond donors (Lipinski definition) is 2. The molecule has 3 rings (SSSR count). The van der Waals surface area contributed by atoms with Gasteiger partial charge in [-0.15, -0.1) is 11.3 Å². The lowest BCUT2D eigenvalue weighted by Crippen LogP contribution is -2.12. The summed E-state index contributed by atoms with van der Waals surface area (Å²) < 4.78 is 6.05. The molecule has 0 fully saturated rings. The molecule has 0 spiro atoms. The molecule has 0 bridgehead atoms. The monoisotopic (exact) mass is 375 g/mol. The summed E-state index contributed by atoms with van der Waals surface area (Å²) in [6.45, 7) is 1.79. The number of carbonyl (C=O) groups excluding carboxylic acids is 1. The predicted octanol–water partition coefficient (Wildman–Crippen LogP) is 4.82. The second-order valence-electron chi connectivity index (χ2n) is 5.40. The summed E-state index contributed by atoms with van der Waals surface area (Å²) >= 11 is 7.64. The van der Waals surface area contributed by atoms with Crippen LogP contribution in [0.4, 0.5) is 5.69 Å². The van der Waals surface area contributed by atoms with Crippen LogP contribution in [0.1, 0.15) is 25.6 Å². The first kappa shape index (κ1) is 17.3. The van der Waals surface area contributed by atoms with Gasteiger partial charge in [-0.3, -0.25) is 4.79 Å². The van der Waals surface area contributed by atoms with Gasteiger partial charge in [-0.25, -0.2) is 4.79 Å². The van der Waals surface area contributed by atoms with Crippen LogP contribution in [0.3, 0.4) is 0 Å². The molecule has 1 heterocycles. The van der Waals surface area contributed by atoms with Gasteiger partial charge in [0.25, 0.3) is 5.91 Å². The Morgan fingerprint density at radius 2 is 1.96 bits per heavy atom. The first-order valence-electron chi connectivity index (χ1n) is 7.32.